The first-order valence-corrected chi connectivity index (χ1v) is 5.41. The van der Waals surface area contributed by atoms with E-state index in [-0.39, 0.29) is 5.56 Å². The summed E-state index contributed by atoms with van der Waals surface area (Å²) in [5, 5.41) is 13.1. The van der Waals surface area contributed by atoms with Crippen molar-refractivity contribution in [2.45, 2.75) is 6.92 Å². The Bertz CT molecular complexity index is 585. The van der Waals surface area contributed by atoms with Gasteiger partial charge in [-0.15, -0.1) is 10.2 Å². The zero-order valence-corrected chi connectivity index (χ0v) is 10.1. The van der Waals surface area contributed by atoms with Gasteiger partial charge in [-0.05, 0) is 35.0 Å². The van der Waals surface area contributed by atoms with Crippen LogP contribution in [0.4, 0.5) is 11.4 Å². The Kier molecular flexibility index (Phi) is 3.00. The van der Waals surface area contributed by atoms with E-state index < -0.39 is 0 Å². The maximum Gasteiger partial charge on any atom is 0.291 e. The lowest BCUT2D eigenvalue weighted by atomic mass is 10.3. The Hall–Kier alpha value is -1.69. The van der Waals surface area contributed by atoms with Gasteiger partial charge >= 0.3 is 0 Å². The second-order valence-corrected chi connectivity index (χ2v) is 4.06. The molecule has 0 saturated carbocycles. The van der Waals surface area contributed by atoms with Crippen LogP contribution in [0.25, 0.3) is 0 Å². The molecule has 0 aliphatic rings. The van der Waals surface area contributed by atoms with Gasteiger partial charge in [0.2, 0.25) is 0 Å². The van der Waals surface area contributed by atoms with Gasteiger partial charge in [-0.3, -0.25) is 9.89 Å². The maximum absolute atomic E-state index is 11.3. The van der Waals surface area contributed by atoms with E-state index in [2.05, 4.69) is 36.4 Å². The molecular formula is C10H9BrN4O. The van der Waals surface area contributed by atoms with Gasteiger partial charge in [-0.25, -0.2) is 0 Å². The highest BCUT2D eigenvalue weighted by atomic mass is 79.9. The predicted molar refractivity (Wildman–Crippen MR) is 64.5 cm³/mol. The summed E-state index contributed by atoms with van der Waals surface area (Å²) < 4.78 is 0.836. The van der Waals surface area contributed by atoms with Gasteiger partial charge in [-0.2, -0.15) is 0 Å². The van der Waals surface area contributed by atoms with Crippen molar-refractivity contribution in [3.8, 4) is 0 Å². The van der Waals surface area contributed by atoms with E-state index in [9.17, 15) is 4.79 Å². The summed E-state index contributed by atoms with van der Waals surface area (Å²) in [6.07, 6.45) is 0. The van der Waals surface area contributed by atoms with Gasteiger partial charge in [0.25, 0.3) is 5.56 Å². The van der Waals surface area contributed by atoms with Crippen molar-refractivity contribution in [1.29, 1.82) is 0 Å². The van der Waals surface area contributed by atoms with Crippen LogP contribution in [0.5, 0.6) is 0 Å². The average molecular weight is 281 g/mol. The third-order valence-corrected chi connectivity index (χ3v) is 2.71. The number of aromatic nitrogens is 2. The minimum absolute atomic E-state index is 0.270. The Morgan fingerprint density at radius 3 is 2.56 bits per heavy atom. The van der Waals surface area contributed by atoms with Crippen LogP contribution in [0.15, 0.2) is 43.8 Å². The van der Waals surface area contributed by atoms with Gasteiger partial charge in [0, 0.05) is 4.47 Å². The number of aryl methyl sites for hydroxylation is 1. The molecule has 0 fully saturated rings. The van der Waals surface area contributed by atoms with Crippen LogP contribution in [-0.2, 0) is 0 Å². The number of hydrogen-bond acceptors (Lipinski definition) is 3. The lowest BCUT2D eigenvalue weighted by molar-refractivity contribution is 1.02. The van der Waals surface area contributed by atoms with Crippen molar-refractivity contribution in [2.24, 2.45) is 10.2 Å². The molecule has 1 heterocycles. The van der Waals surface area contributed by atoms with Gasteiger partial charge < -0.3 is 5.10 Å². The molecule has 0 atom stereocenters. The third-order valence-electron chi connectivity index (χ3n) is 2.04. The molecule has 0 bridgehead atoms. The summed E-state index contributed by atoms with van der Waals surface area (Å²) in [4.78, 5) is 11.3. The molecule has 2 rings (SSSR count). The summed E-state index contributed by atoms with van der Waals surface area (Å²) in [5.41, 5.74) is 1.38. The number of nitrogens with zero attached hydrogens (tertiary/aromatic N) is 2. The van der Waals surface area contributed by atoms with Gasteiger partial charge in [0.1, 0.15) is 0 Å². The molecular weight excluding hydrogens is 272 g/mol. The van der Waals surface area contributed by atoms with Gasteiger partial charge in [-0.1, -0.05) is 12.1 Å². The lowest BCUT2D eigenvalue weighted by Gasteiger charge is -1.94. The van der Waals surface area contributed by atoms with Crippen LogP contribution in [0, 0.1) is 6.92 Å². The highest BCUT2D eigenvalue weighted by Gasteiger charge is 2.04. The first kappa shape index (κ1) is 10.8. The fraction of sp³-hybridized carbons (Fsp3) is 0.100. The van der Waals surface area contributed by atoms with Crippen molar-refractivity contribution >= 4 is 27.3 Å². The number of aromatic amines is 2. The molecule has 0 spiro atoms. The van der Waals surface area contributed by atoms with E-state index in [4.69, 9.17) is 0 Å². The molecule has 1 aromatic carbocycles. The molecule has 6 heteroatoms. The molecule has 1 aromatic heterocycles. The van der Waals surface area contributed by atoms with Crippen molar-refractivity contribution in [1.82, 2.24) is 10.2 Å². The lowest BCUT2D eigenvalue weighted by Crippen LogP contribution is -1.96. The normalized spacial score (nSPS) is 11.1. The standard InChI is InChI=1S/C10H9BrN4O/c1-6-9(10(16)15-12-6)14-13-8-5-3-2-4-7(8)11/h2-5H,1H3,(H2,12,15,16). The number of azo groups is 1. The van der Waals surface area contributed by atoms with Crippen LogP contribution in [0.2, 0.25) is 0 Å². The van der Waals surface area contributed by atoms with Gasteiger partial charge in [0.05, 0.1) is 11.4 Å². The Morgan fingerprint density at radius 2 is 1.94 bits per heavy atom. The smallest absolute Gasteiger partial charge is 0.291 e. The molecule has 5 nitrogen and oxygen atoms in total. The van der Waals surface area contributed by atoms with Crippen LogP contribution in [0.1, 0.15) is 5.69 Å². The zero-order chi connectivity index (χ0) is 11.5. The molecule has 0 amide bonds. The highest BCUT2D eigenvalue weighted by Crippen LogP contribution is 2.26. The summed E-state index contributed by atoms with van der Waals surface area (Å²) in [5.74, 6) is 0. The summed E-state index contributed by atoms with van der Waals surface area (Å²) in [7, 11) is 0. The van der Waals surface area contributed by atoms with E-state index in [0.29, 0.717) is 17.1 Å². The fourth-order valence-electron chi connectivity index (χ4n) is 1.20. The minimum atomic E-state index is -0.270. The molecule has 2 aromatic rings. The molecule has 2 N–H and O–H groups in total. The monoisotopic (exact) mass is 280 g/mol. The molecule has 0 radical (unpaired) electrons. The first-order chi connectivity index (χ1) is 7.68. The van der Waals surface area contributed by atoms with Crippen molar-refractivity contribution in [2.75, 3.05) is 0 Å². The number of hydrogen-bond donors (Lipinski definition) is 2. The molecule has 0 unspecified atom stereocenters. The molecule has 0 aliphatic heterocycles. The number of halogens is 1. The van der Waals surface area contributed by atoms with Crippen LogP contribution >= 0.6 is 15.9 Å². The summed E-state index contributed by atoms with van der Waals surface area (Å²) in [6.45, 7) is 1.76. The SMILES string of the molecule is Cc1[nH][nH]c(=O)c1N=Nc1ccccc1Br. The second-order valence-electron chi connectivity index (χ2n) is 3.20. The predicted octanol–water partition coefficient (Wildman–Crippen LogP) is 3.19. The quantitative estimate of drug-likeness (QED) is 0.815. The maximum atomic E-state index is 11.3. The second kappa shape index (κ2) is 4.44. The molecule has 0 saturated heterocycles. The van der Waals surface area contributed by atoms with E-state index in [1.54, 1.807) is 6.92 Å². The zero-order valence-electron chi connectivity index (χ0n) is 8.49. The van der Waals surface area contributed by atoms with E-state index in [0.717, 1.165) is 4.47 Å². The Morgan fingerprint density at radius 1 is 1.19 bits per heavy atom. The summed E-state index contributed by atoms with van der Waals surface area (Å²) in [6, 6.07) is 7.41. The van der Waals surface area contributed by atoms with Crippen molar-refractivity contribution < 1.29 is 0 Å². The third kappa shape index (κ3) is 2.11. The van der Waals surface area contributed by atoms with Crippen LogP contribution in [-0.4, -0.2) is 10.2 Å². The first-order valence-electron chi connectivity index (χ1n) is 4.62. The Balaban J connectivity index is 2.36. The average Bonchev–Trinajstić information content (AvgIpc) is 2.58. The van der Waals surface area contributed by atoms with E-state index >= 15 is 0 Å². The number of rotatable bonds is 2. The largest absolute Gasteiger partial charge is 0.300 e. The van der Waals surface area contributed by atoms with E-state index in [1.807, 2.05) is 24.3 Å². The van der Waals surface area contributed by atoms with Crippen molar-refractivity contribution in [3.63, 3.8) is 0 Å². The number of benzene rings is 1. The molecule has 0 aliphatic carbocycles. The van der Waals surface area contributed by atoms with E-state index in [1.165, 1.54) is 0 Å². The van der Waals surface area contributed by atoms with Crippen molar-refractivity contribution in [3.05, 3.63) is 44.8 Å². The van der Waals surface area contributed by atoms with Crippen LogP contribution in [0.3, 0.4) is 0 Å². The van der Waals surface area contributed by atoms with Gasteiger partial charge in [0.15, 0.2) is 5.69 Å². The number of H-pyrrole nitrogens is 2. The fourth-order valence-corrected chi connectivity index (χ4v) is 1.56. The minimum Gasteiger partial charge on any atom is -0.300 e. The number of nitrogens with one attached hydrogen (secondary N) is 2. The summed E-state index contributed by atoms with van der Waals surface area (Å²) >= 11 is 3.35. The molecule has 16 heavy (non-hydrogen) atoms. The topological polar surface area (TPSA) is 73.4 Å². The highest BCUT2D eigenvalue weighted by molar-refractivity contribution is 9.10. The Labute approximate surface area is 99.7 Å². The molecule has 82 valence electrons. The van der Waals surface area contributed by atoms with Crippen LogP contribution < -0.4 is 5.56 Å².